The van der Waals surface area contributed by atoms with E-state index in [0.29, 0.717) is 12.4 Å². The van der Waals surface area contributed by atoms with Gasteiger partial charge in [-0.05, 0) is 30.5 Å². The SMILES string of the molecule is COc1ncc(-c2ccc(C[C@@H](C#N)NC(=O)C3CCCCN3)cc2)cn1. The molecule has 1 unspecified atom stereocenters. The lowest BCUT2D eigenvalue weighted by atomic mass is 10.0. The maximum Gasteiger partial charge on any atom is 0.316 e. The predicted octanol–water partition coefficient (Wildman–Crippen LogP) is 1.85. The zero-order valence-electron chi connectivity index (χ0n) is 15.3. The number of piperidine rings is 1. The molecule has 1 fully saturated rings. The van der Waals surface area contributed by atoms with Crippen LogP contribution in [0.4, 0.5) is 0 Å². The molecule has 7 heteroatoms. The first-order valence-electron chi connectivity index (χ1n) is 9.08. The van der Waals surface area contributed by atoms with Gasteiger partial charge in [-0.15, -0.1) is 0 Å². The summed E-state index contributed by atoms with van der Waals surface area (Å²) in [7, 11) is 1.53. The summed E-state index contributed by atoms with van der Waals surface area (Å²) < 4.78 is 4.96. The first-order chi connectivity index (χ1) is 13.2. The predicted molar refractivity (Wildman–Crippen MR) is 101 cm³/mol. The Bertz CT molecular complexity index is 793. The van der Waals surface area contributed by atoms with E-state index < -0.39 is 6.04 Å². The van der Waals surface area contributed by atoms with Crippen LogP contribution in [0.3, 0.4) is 0 Å². The van der Waals surface area contributed by atoms with Crippen molar-refractivity contribution >= 4 is 5.91 Å². The van der Waals surface area contributed by atoms with E-state index in [4.69, 9.17) is 4.74 Å². The molecule has 1 aromatic heterocycles. The van der Waals surface area contributed by atoms with E-state index in [1.165, 1.54) is 7.11 Å². The summed E-state index contributed by atoms with van der Waals surface area (Å²) in [6.07, 6.45) is 6.83. The van der Waals surface area contributed by atoms with Crippen LogP contribution in [0.5, 0.6) is 6.01 Å². The average molecular weight is 365 g/mol. The van der Waals surface area contributed by atoms with Crippen molar-refractivity contribution in [2.45, 2.75) is 37.8 Å². The van der Waals surface area contributed by atoms with Gasteiger partial charge < -0.3 is 15.4 Å². The maximum atomic E-state index is 12.3. The summed E-state index contributed by atoms with van der Waals surface area (Å²) in [5.74, 6) is -0.0896. The van der Waals surface area contributed by atoms with Crippen LogP contribution in [-0.4, -0.2) is 41.6 Å². The maximum absolute atomic E-state index is 12.3. The van der Waals surface area contributed by atoms with E-state index >= 15 is 0 Å². The third-order valence-electron chi connectivity index (χ3n) is 4.64. The second-order valence-electron chi connectivity index (χ2n) is 6.55. The number of carbonyl (C=O) groups is 1. The number of rotatable bonds is 6. The number of amides is 1. The smallest absolute Gasteiger partial charge is 0.316 e. The highest BCUT2D eigenvalue weighted by Gasteiger charge is 2.22. The van der Waals surface area contributed by atoms with Crippen LogP contribution in [0.2, 0.25) is 0 Å². The van der Waals surface area contributed by atoms with Crippen LogP contribution in [0.25, 0.3) is 11.1 Å². The van der Waals surface area contributed by atoms with Gasteiger partial charge >= 0.3 is 6.01 Å². The zero-order chi connectivity index (χ0) is 19.1. The van der Waals surface area contributed by atoms with Crippen molar-refractivity contribution < 1.29 is 9.53 Å². The van der Waals surface area contributed by atoms with Crippen LogP contribution >= 0.6 is 0 Å². The van der Waals surface area contributed by atoms with Crippen molar-refractivity contribution in [1.82, 2.24) is 20.6 Å². The van der Waals surface area contributed by atoms with Crippen LogP contribution in [0.1, 0.15) is 24.8 Å². The fraction of sp³-hybridized carbons (Fsp3) is 0.400. The van der Waals surface area contributed by atoms with Gasteiger partial charge in [0.1, 0.15) is 6.04 Å². The van der Waals surface area contributed by atoms with Gasteiger partial charge in [0.2, 0.25) is 5.91 Å². The molecule has 1 amide bonds. The summed E-state index contributed by atoms with van der Waals surface area (Å²) in [5.41, 5.74) is 2.85. The number of aromatic nitrogens is 2. The minimum atomic E-state index is -0.545. The van der Waals surface area contributed by atoms with Crippen LogP contribution < -0.4 is 15.4 Å². The topological polar surface area (TPSA) is 99.9 Å². The first-order valence-corrected chi connectivity index (χ1v) is 9.08. The fourth-order valence-electron chi connectivity index (χ4n) is 3.12. The molecule has 2 aromatic rings. The molecule has 0 saturated carbocycles. The standard InChI is InChI=1S/C20H23N5O2/c1-27-20-23-12-16(13-24-20)15-7-5-14(6-8-15)10-17(11-21)25-19(26)18-4-2-3-9-22-18/h5-8,12-13,17-18,22H,2-4,9-10H2,1H3,(H,25,26)/t17-,18?/m0/s1. The molecular weight excluding hydrogens is 342 g/mol. The Balaban J connectivity index is 1.60. The van der Waals surface area contributed by atoms with E-state index in [9.17, 15) is 10.1 Å². The monoisotopic (exact) mass is 365 g/mol. The number of benzene rings is 1. The Morgan fingerprint density at radius 3 is 2.63 bits per heavy atom. The van der Waals surface area contributed by atoms with Crippen molar-refractivity contribution in [3.63, 3.8) is 0 Å². The Morgan fingerprint density at radius 1 is 1.30 bits per heavy atom. The highest BCUT2D eigenvalue weighted by Crippen LogP contribution is 2.19. The number of nitrogens with zero attached hydrogens (tertiary/aromatic N) is 3. The molecule has 1 aliphatic heterocycles. The molecule has 0 spiro atoms. The molecule has 0 radical (unpaired) electrons. The third kappa shape index (κ3) is 5.02. The number of hydrogen-bond acceptors (Lipinski definition) is 6. The minimum absolute atomic E-state index is 0.0896. The molecule has 0 aliphatic carbocycles. The van der Waals surface area contributed by atoms with Gasteiger partial charge in [-0.1, -0.05) is 30.7 Å². The summed E-state index contributed by atoms with van der Waals surface area (Å²) in [6.45, 7) is 0.853. The number of carbonyl (C=O) groups excluding carboxylic acids is 1. The highest BCUT2D eigenvalue weighted by molar-refractivity contribution is 5.82. The largest absolute Gasteiger partial charge is 0.467 e. The van der Waals surface area contributed by atoms with E-state index in [0.717, 1.165) is 42.5 Å². The first kappa shape index (κ1) is 18.8. The zero-order valence-corrected chi connectivity index (χ0v) is 15.3. The lowest BCUT2D eigenvalue weighted by Crippen LogP contribution is -2.49. The molecule has 1 aromatic carbocycles. The molecule has 0 bridgehead atoms. The van der Waals surface area contributed by atoms with E-state index in [1.54, 1.807) is 12.4 Å². The third-order valence-corrected chi connectivity index (χ3v) is 4.64. The summed E-state index contributed by atoms with van der Waals surface area (Å²) in [5, 5.41) is 15.5. The summed E-state index contributed by atoms with van der Waals surface area (Å²) in [4.78, 5) is 20.5. The molecule has 3 rings (SSSR count). The second kappa shape index (κ2) is 9.10. The van der Waals surface area contributed by atoms with E-state index in [1.807, 2.05) is 24.3 Å². The number of hydrogen-bond donors (Lipinski definition) is 2. The van der Waals surface area contributed by atoms with Gasteiger partial charge in [0, 0.05) is 24.4 Å². The van der Waals surface area contributed by atoms with Crippen molar-refractivity contribution in [3.8, 4) is 23.2 Å². The Hall–Kier alpha value is -2.98. The highest BCUT2D eigenvalue weighted by atomic mass is 16.5. The number of nitrogens with one attached hydrogen (secondary N) is 2. The summed E-state index contributed by atoms with van der Waals surface area (Å²) >= 11 is 0. The Kier molecular flexibility index (Phi) is 6.34. The normalized spacial score (nSPS) is 17.6. The van der Waals surface area contributed by atoms with Gasteiger partial charge in [0.15, 0.2) is 0 Å². The molecular formula is C20H23N5O2. The molecule has 7 nitrogen and oxygen atoms in total. The van der Waals surface area contributed by atoms with Crippen molar-refractivity contribution in [2.24, 2.45) is 0 Å². The van der Waals surface area contributed by atoms with Gasteiger partial charge in [0.25, 0.3) is 0 Å². The second-order valence-corrected chi connectivity index (χ2v) is 6.55. The van der Waals surface area contributed by atoms with Crippen molar-refractivity contribution in [1.29, 1.82) is 5.26 Å². The van der Waals surface area contributed by atoms with Crippen LogP contribution in [0, 0.1) is 11.3 Å². The molecule has 27 heavy (non-hydrogen) atoms. The average Bonchev–Trinajstić information content (AvgIpc) is 2.74. The van der Waals surface area contributed by atoms with Gasteiger partial charge in [-0.25, -0.2) is 9.97 Å². The van der Waals surface area contributed by atoms with Crippen molar-refractivity contribution in [2.75, 3.05) is 13.7 Å². The van der Waals surface area contributed by atoms with Gasteiger partial charge in [-0.2, -0.15) is 5.26 Å². The van der Waals surface area contributed by atoms with Gasteiger partial charge in [-0.3, -0.25) is 4.79 Å². The van der Waals surface area contributed by atoms with Crippen molar-refractivity contribution in [3.05, 3.63) is 42.2 Å². The molecule has 1 aliphatic rings. The number of ether oxygens (including phenoxy) is 1. The Morgan fingerprint density at radius 2 is 2.04 bits per heavy atom. The molecule has 2 atom stereocenters. The number of methoxy groups -OCH3 is 1. The fourth-order valence-corrected chi connectivity index (χ4v) is 3.12. The number of nitriles is 1. The molecule has 2 heterocycles. The molecule has 140 valence electrons. The molecule has 1 saturated heterocycles. The quantitative estimate of drug-likeness (QED) is 0.810. The Labute approximate surface area is 158 Å². The van der Waals surface area contributed by atoms with E-state index in [-0.39, 0.29) is 11.9 Å². The molecule has 2 N–H and O–H groups in total. The van der Waals surface area contributed by atoms with E-state index in [2.05, 4.69) is 26.7 Å². The minimum Gasteiger partial charge on any atom is -0.467 e. The van der Waals surface area contributed by atoms with Crippen LogP contribution in [0.15, 0.2) is 36.7 Å². The van der Waals surface area contributed by atoms with Gasteiger partial charge in [0.05, 0.1) is 19.2 Å². The lowest BCUT2D eigenvalue weighted by Gasteiger charge is -2.23. The lowest BCUT2D eigenvalue weighted by molar-refractivity contribution is -0.124. The summed E-state index contributed by atoms with van der Waals surface area (Å²) in [6, 6.07) is 9.60. The van der Waals surface area contributed by atoms with Crippen LogP contribution in [-0.2, 0) is 11.2 Å².